The minimum absolute atomic E-state index is 0.0337. The summed E-state index contributed by atoms with van der Waals surface area (Å²) in [6.07, 6.45) is 2.75. The minimum atomic E-state index is -0.830. The highest BCUT2D eigenvalue weighted by molar-refractivity contribution is 6.08. The highest BCUT2D eigenvalue weighted by Crippen LogP contribution is 2.37. The van der Waals surface area contributed by atoms with Gasteiger partial charge in [0.2, 0.25) is 0 Å². The van der Waals surface area contributed by atoms with E-state index >= 15 is 0 Å². The molecule has 1 aliphatic heterocycles. The van der Waals surface area contributed by atoms with E-state index in [4.69, 9.17) is 9.47 Å². The number of pyridine rings is 1. The predicted molar refractivity (Wildman–Crippen MR) is 93.8 cm³/mol. The first-order valence-corrected chi connectivity index (χ1v) is 8.03. The number of amides is 2. The zero-order chi connectivity index (χ0) is 18.2. The van der Waals surface area contributed by atoms with Crippen LogP contribution in [-0.4, -0.2) is 42.3 Å². The fraction of sp³-hybridized carbons (Fsp3) is 0.389. The van der Waals surface area contributed by atoms with E-state index in [1.54, 1.807) is 46.3 Å². The molecule has 2 amide bonds. The molecule has 1 aromatic carbocycles. The third-order valence-electron chi connectivity index (χ3n) is 3.82. The van der Waals surface area contributed by atoms with Gasteiger partial charge in [-0.2, -0.15) is 0 Å². The topological polar surface area (TPSA) is 80.8 Å². The van der Waals surface area contributed by atoms with Crippen LogP contribution in [0.5, 0.6) is 5.75 Å². The van der Waals surface area contributed by atoms with Crippen LogP contribution < -0.4 is 15.0 Å². The van der Waals surface area contributed by atoms with Crippen molar-refractivity contribution in [1.82, 2.24) is 10.3 Å². The Hall–Kier alpha value is -2.83. The van der Waals surface area contributed by atoms with Gasteiger partial charge in [-0.1, -0.05) is 0 Å². The van der Waals surface area contributed by atoms with Gasteiger partial charge in [0, 0.05) is 30.2 Å². The molecule has 7 nitrogen and oxygen atoms in total. The number of benzene rings is 1. The second-order valence-corrected chi connectivity index (χ2v) is 6.92. The molecule has 0 saturated carbocycles. The molecule has 1 unspecified atom stereocenters. The van der Waals surface area contributed by atoms with Crippen LogP contribution in [0.3, 0.4) is 0 Å². The van der Waals surface area contributed by atoms with Gasteiger partial charge in [0.05, 0.1) is 5.69 Å². The number of hydrogen-bond acceptors (Lipinski definition) is 5. The number of nitrogens with zero attached hydrogens (tertiary/aromatic N) is 2. The maximum Gasteiger partial charge on any atom is 0.408 e. The van der Waals surface area contributed by atoms with Gasteiger partial charge in [-0.25, -0.2) is 4.79 Å². The second-order valence-electron chi connectivity index (χ2n) is 6.92. The fourth-order valence-corrected chi connectivity index (χ4v) is 2.74. The van der Waals surface area contributed by atoms with Crippen LogP contribution >= 0.6 is 0 Å². The minimum Gasteiger partial charge on any atom is -0.489 e. The van der Waals surface area contributed by atoms with Gasteiger partial charge in [0.1, 0.15) is 24.0 Å². The summed E-state index contributed by atoms with van der Waals surface area (Å²) in [6.45, 7) is 5.33. The molecule has 1 aliphatic rings. The molecule has 0 radical (unpaired) electrons. The van der Waals surface area contributed by atoms with Crippen molar-refractivity contribution in [3.05, 3.63) is 30.6 Å². The van der Waals surface area contributed by atoms with Gasteiger partial charge in [-0.05, 0) is 39.0 Å². The molecule has 2 aromatic rings. The zero-order valence-corrected chi connectivity index (χ0v) is 14.7. The molecule has 0 bridgehead atoms. The Bertz CT molecular complexity index is 829. The normalized spacial score (nSPS) is 17.5. The maximum absolute atomic E-state index is 12.8. The number of ether oxygens (including phenoxy) is 2. The molecular formula is C18H21N3O4. The summed E-state index contributed by atoms with van der Waals surface area (Å²) < 4.78 is 11.0. The van der Waals surface area contributed by atoms with Gasteiger partial charge in [-0.3, -0.25) is 9.78 Å². The number of rotatable bonds is 1. The van der Waals surface area contributed by atoms with Crippen molar-refractivity contribution in [1.29, 1.82) is 0 Å². The second kappa shape index (κ2) is 6.23. The molecule has 2 heterocycles. The quantitative estimate of drug-likeness (QED) is 0.860. The third kappa shape index (κ3) is 3.50. The van der Waals surface area contributed by atoms with E-state index < -0.39 is 17.7 Å². The van der Waals surface area contributed by atoms with Crippen molar-refractivity contribution in [3.63, 3.8) is 0 Å². The van der Waals surface area contributed by atoms with Gasteiger partial charge in [0.25, 0.3) is 5.91 Å². The smallest absolute Gasteiger partial charge is 0.408 e. The number of aromatic nitrogens is 1. The lowest BCUT2D eigenvalue weighted by Crippen LogP contribution is -2.50. The first-order chi connectivity index (χ1) is 11.8. The highest BCUT2D eigenvalue weighted by Gasteiger charge is 2.32. The van der Waals surface area contributed by atoms with Gasteiger partial charge in [-0.15, -0.1) is 0 Å². The van der Waals surface area contributed by atoms with Crippen molar-refractivity contribution in [3.8, 4) is 5.75 Å². The van der Waals surface area contributed by atoms with Crippen molar-refractivity contribution in [2.75, 3.05) is 18.6 Å². The van der Waals surface area contributed by atoms with Crippen LogP contribution in [-0.2, 0) is 9.53 Å². The van der Waals surface area contributed by atoms with Crippen molar-refractivity contribution >= 4 is 28.5 Å². The van der Waals surface area contributed by atoms with E-state index in [1.807, 2.05) is 12.1 Å². The van der Waals surface area contributed by atoms with E-state index in [0.717, 1.165) is 10.8 Å². The van der Waals surface area contributed by atoms with Crippen molar-refractivity contribution < 1.29 is 19.1 Å². The van der Waals surface area contributed by atoms with Crippen LogP contribution in [0.1, 0.15) is 20.8 Å². The highest BCUT2D eigenvalue weighted by atomic mass is 16.6. The number of nitrogens with one attached hydrogen (secondary N) is 1. The van der Waals surface area contributed by atoms with E-state index in [-0.39, 0.29) is 12.5 Å². The summed E-state index contributed by atoms with van der Waals surface area (Å²) in [5.41, 5.74) is 0.0231. The van der Waals surface area contributed by atoms with E-state index in [2.05, 4.69) is 10.3 Å². The molecule has 1 N–H and O–H groups in total. The summed E-state index contributed by atoms with van der Waals surface area (Å²) in [5.74, 6) is 0.317. The number of alkyl carbamates (subject to hydrolysis) is 1. The van der Waals surface area contributed by atoms with Crippen LogP contribution in [0.25, 0.3) is 10.8 Å². The summed E-state index contributed by atoms with van der Waals surface area (Å²) in [5, 5.41) is 4.36. The first-order valence-electron chi connectivity index (χ1n) is 8.03. The molecule has 3 rings (SSSR count). The Balaban J connectivity index is 1.89. The number of carbonyl (C=O) groups excluding carboxylic acids is 2. The lowest BCUT2D eigenvalue weighted by Gasteiger charge is -2.24. The standard InChI is InChI=1S/C18H21N3O4/c1-18(2,3)25-17(23)20-13-10-24-14-6-5-11-9-19-8-7-12(11)15(14)21(4)16(13)22/h5-9,13H,10H2,1-4H3,(H,20,23). The predicted octanol–water partition coefficient (Wildman–Crippen LogP) is 2.48. The average Bonchev–Trinajstić information content (AvgIpc) is 2.65. The van der Waals surface area contributed by atoms with Crippen LogP contribution in [0, 0.1) is 0 Å². The molecule has 0 aliphatic carbocycles. The Morgan fingerprint density at radius 1 is 1.36 bits per heavy atom. The number of carbonyl (C=O) groups is 2. The molecule has 132 valence electrons. The molecule has 0 fully saturated rings. The number of hydrogen-bond donors (Lipinski definition) is 1. The summed E-state index contributed by atoms with van der Waals surface area (Å²) in [6, 6.07) is 4.70. The van der Waals surface area contributed by atoms with Gasteiger partial charge < -0.3 is 19.7 Å². The van der Waals surface area contributed by atoms with Gasteiger partial charge >= 0.3 is 6.09 Å². The fourth-order valence-electron chi connectivity index (χ4n) is 2.74. The average molecular weight is 343 g/mol. The number of likely N-dealkylation sites (N-methyl/N-ethyl adjacent to an activating group) is 1. The summed E-state index contributed by atoms with van der Waals surface area (Å²) >= 11 is 0. The monoisotopic (exact) mass is 343 g/mol. The number of fused-ring (bicyclic) bond motifs is 3. The van der Waals surface area contributed by atoms with Gasteiger partial charge in [0.15, 0.2) is 0 Å². The SMILES string of the molecule is CN1C(=O)C(NC(=O)OC(C)(C)C)COc2ccc3cnccc3c21. The lowest BCUT2D eigenvalue weighted by molar-refractivity contribution is -0.120. The zero-order valence-electron chi connectivity index (χ0n) is 14.7. The third-order valence-corrected chi connectivity index (χ3v) is 3.82. The Morgan fingerprint density at radius 3 is 2.84 bits per heavy atom. The molecule has 0 spiro atoms. The Kier molecular flexibility index (Phi) is 4.24. The largest absolute Gasteiger partial charge is 0.489 e. The van der Waals surface area contributed by atoms with Crippen molar-refractivity contribution in [2.24, 2.45) is 0 Å². The lowest BCUT2D eigenvalue weighted by atomic mass is 10.1. The molecular weight excluding hydrogens is 322 g/mol. The summed E-state index contributed by atoms with van der Waals surface area (Å²) in [7, 11) is 1.67. The van der Waals surface area contributed by atoms with Crippen LogP contribution in [0.15, 0.2) is 30.6 Å². The van der Waals surface area contributed by atoms with Crippen LogP contribution in [0.2, 0.25) is 0 Å². The molecule has 1 aromatic heterocycles. The van der Waals surface area contributed by atoms with E-state index in [9.17, 15) is 9.59 Å². The molecule has 25 heavy (non-hydrogen) atoms. The first kappa shape index (κ1) is 17.0. The molecule has 1 atom stereocenters. The van der Waals surface area contributed by atoms with E-state index in [0.29, 0.717) is 11.4 Å². The van der Waals surface area contributed by atoms with Crippen molar-refractivity contribution in [2.45, 2.75) is 32.4 Å². The number of anilines is 1. The maximum atomic E-state index is 12.8. The molecule has 7 heteroatoms. The molecule has 0 saturated heterocycles. The Morgan fingerprint density at radius 2 is 2.12 bits per heavy atom. The summed E-state index contributed by atoms with van der Waals surface area (Å²) in [4.78, 5) is 30.4. The Labute approximate surface area is 145 Å². The van der Waals surface area contributed by atoms with E-state index in [1.165, 1.54) is 4.90 Å². The van der Waals surface area contributed by atoms with Crippen LogP contribution in [0.4, 0.5) is 10.5 Å².